The van der Waals surface area contributed by atoms with Crippen LogP contribution in [0.25, 0.3) is 21.9 Å². The molecule has 770 valence electrons. The Hall–Kier alpha value is -8.53. The van der Waals surface area contributed by atoms with E-state index in [9.17, 15) is 65.9 Å². The van der Waals surface area contributed by atoms with E-state index in [2.05, 4.69) is 194 Å². The van der Waals surface area contributed by atoms with E-state index < -0.39 is 53.0 Å². The van der Waals surface area contributed by atoms with Gasteiger partial charge in [0.25, 0.3) is 0 Å². The van der Waals surface area contributed by atoms with Crippen LogP contribution in [0.4, 0.5) is 65.9 Å². The summed E-state index contributed by atoms with van der Waals surface area (Å²) in [5, 5.41) is 12.8. The number of thiophene rings is 2. The van der Waals surface area contributed by atoms with E-state index in [1.54, 1.807) is 60.8 Å². The number of nitrogens with zero attached hydrogens (tertiary/aromatic N) is 5. The molecule has 6 aromatic carbocycles. The maximum atomic E-state index is 12.2. The van der Waals surface area contributed by atoms with Crippen molar-refractivity contribution in [2.45, 2.75) is 343 Å². The minimum atomic E-state index is -4.61. The predicted octanol–water partition coefficient (Wildman–Crippen LogP) is 42.1. The molecular formula is C109H147Cl3F15N5O3S3. The Morgan fingerprint density at radius 1 is 0.391 bits per heavy atom. The Balaban J connectivity index is 0.00000149. The zero-order chi connectivity index (χ0) is 101. The van der Waals surface area contributed by atoms with E-state index >= 15 is 0 Å². The van der Waals surface area contributed by atoms with Gasteiger partial charge in [-0.25, -0.2) is 4.98 Å². The minimum absolute atomic E-state index is 0. The molecule has 7 aromatic heterocycles. The van der Waals surface area contributed by atoms with Gasteiger partial charge in [0.2, 0.25) is 5.76 Å². The number of benzene rings is 6. The Morgan fingerprint density at radius 3 is 1.20 bits per heavy atom. The summed E-state index contributed by atoms with van der Waals surface area (Å²) in [7, 11) is 0. The van der Waals surface area contributed by atoms with E-state index in [-0.39, 0.29) is 64.5 Å². The Kier molecular flexibility index (Phi) is 56.3. The van der Waals surface area contributed by atoms with Crippen LogP contribution in [0.15, 0.2) is 215 Å². The standard InChI is InChI=1S/C13H20.C12H20N2.C11H11ClO.C10H11F3O.2C10H11F3.C10H12N2.C8H9F3O.2C7H9ClS.C7H8F3NS.4CH4/c1-10(2)11-6-8-12(9-7-11)13(3,4)5;1-10(2)14-9-8-12(13-14)11-6-4-3-5-7-11;1-7(2)11-6-8-5-9(12)3-4-10(8)13-11;1-7(2)8-3-5-9(6-4-8)14-10(11,12)13;2*1-7(2)8-4-3-5-9(6-8)10(11,12)13;1-8(2)12-7-9-5-3-4-6-10(9)11-12;1-5(2)6-3-4-7(12-6)8(9,10)11;2*1-5(2)6-3-4-7(8)9-6;1-4(2)5-3-12-6(11-5)7(8,9)10;;;;/h6-10H,1-5H3;8-11H,3-7H2,1-2H3;3-7H,1-2H3;3-7H,1-2H3;2*3-7H,1-2H3;3-8H,1-2H3;3-5H,1-2H3;2*3-5H,1-2H3;3-4H,1-2H3;4*1H4. The van der Waals surface area contributed by atoms with E-state index in [4.69, 9.17) is 39.2 Å². The van der Waals surface area contributed by atoms with Gasteiger partial charge < -0.3 is 13.6 Å². The number of furan rings is 2. The number of ether oxygens (including phenoxy) is 1. The third-order valence-electron chi connectivity index (χ3n) is 20.4. The lowest BCUT2D eigenvalue weighted by atomic mass is 9.86. The summed E-state index contributed by atoms with van der Waals surface area (Å²) in [6.45, 7) is 51.3. The third kappa shape index (κ3) is 47.4. The van der Waals surface area contributed by atoms with Crippen molar-refractivity contribution in [3.05, 3.63) is 302 Å². The molecule has 1 aliphatic carbocycles. The lowest BCUT2D eigenvalue weighted by Gasteiger charge is -2.19. The van der Waals surface area contributed by atoms with Crippen LogP contribution in [-0.4, -0.2) is 30.9 Å². The maximum absolute atomic E-state index is 12.2. The molecule has 13 aromatic rings. The number of fused-ring (bicyclic) bond motifs is 2. The van der Waals surface area contributed by atoms with E-state index in [1.807, 2.05) is 115 Å². The van der Waals surface area contributed by atoms with Crippen LogP contribution < -0.4 is 4.74 Å². The van der Waals surface area contributed by atoms with Gasteiger partial charge in [0.05, 0.1) is 36.7 Å². The van der Waals surface area contributed by atoms with Gasteiger partial charge in [-0.1, -0.05) is 320 Å². The molecule has 1 aliphatic rings. The Bertz CT molecular complexity index is 5280. The highest BCUT2D eigenvalue weighted by Crippen LogP contribution is 2.39. The molecule has 29 heteroatoms. The van der Waals surface area contributed by atoms with Crippen molar-refractivity contribution in [3.8, 4) is 5.75 Å². The van der Waals surface area contributed by atoms with Crippen LogP contribution in [0, 0.1) is 0 Å². The summed E-state index contributed by atoms with van der Waals surface area (Å²) >= 11 is 21.3. The largest absolute Gasteiger partial charge is 0.573 e. The van der Waals surface area contributed by atoms with Crippen LogP contribution in [0.3, 0.4) is 0 Å². The van der Waals surface area contributed by atoms with E-state index in [0.29, 0.717) is 64.5 Å². The molecule has 0 saturated heterocycles. The first kappa shape index (κ1) is 129. The van der Waals surface area contributed by atoms with Crippen LogP contribution in [0.5, 0.6) is 5.75 Å². The molecule has 8 nitrogen and oxygen atoms in total. The molecule has 7 heterocycles. The number of halogens is 18. The number of rotatable bonds is 13. The molecule has 1 saturated carbocycles. The lowest BCUT2D eigenvalue weighted by molar-refractivity contribution is -0.274. The SMILES string of the molecule is C.C.C.C.CC(C)c1cc2cc(Cl)ccc2o1.CC(C)c1ccc(C(C)(C)C)cc1.CC(C)c1ccc(C(F)(F)F)o1.CC(C)c1ccc(Cl)s1.CC(C)c1ccc(Cl)s1.CC(C)c1ccc(OC(F)(F)F)cc1.CC(C)c1cccc(C(F)(F)F)c1.CC(C)c1cccc(C(F)(F)F)c1.CC(C)c1csc(C(F)(F)F)n1.CC(C)n1cc2ccccc2n1.CC(C)n1ccc(C2CCCCC2)n1. The van der Waals surface area contributed by atoms with Crippen molar-refractivity contribution in [2.75, 3.05) is 0 Å². The van der Waals surface area contributed by atoms with Crippen molar-refractivity contribution >= 4 is 90.7 Å². The van der Waals surface area contributed by atoms with Crippen molar-refractivity contribution < 1.29 is 79.4 Å². The summed E-state index contributed by atoms with van der Waals surface area (Å²) in [5.74, 6) is 3.89. The van der Waals surface area contributed by atoms with Crippen LogP contribution in [0.1, 0.15) is 389 Å². The van der Waals surface area contributed by atoms with Crippen LogP contribution in [-0.2, 0) is 30.1 Å². The highest BCUT2D eigenvalue weighted by atomic mass is 35.5. The monoisotopic (exact) mass is 2060 g/mol. The Morgan fingerprint density at radius 2 is 0.855 bits per heavy atom. The first-order valence-corrected chi connectivity index (χ1v) is 48.4. The van der Waals surface area contributed by atoms with Crippen molar-refractivity contribution in [1.29, 1.82) is 0 Å². The topological polar surface area (TPSA) is 84.0 Å². The number of hydrogen-bond acceptors (Lipinski definition) is 9. The van der Waals surface area contributed by atoms with Crippen LogP contribution >= 0.6 is 68.8 Å². The highest BCUT2D eigenvalue weighted by Gasteiger charge is 2.37. The summed E-state index contributed by atoms with van der Waals surface area (Å²) in [4.78, 5) is 6.20. The summed E-state index contributed by atoms with van der Waals surface area (Å²) in [5.41, 5.74) is 8.20. The maximum Gasteiger partial charge on any atom is 0.573 e. The van der Waals surface area contributed by atoms with Crippen molar-refractivity contribution in [2.24, 2.45) is 0 Å². The van der Waals surface area contributed by atoms with Gasteiger partial charge in [-0.15, -0.1) is 47.2 Å². The molecule has 0 spiro atoms. The molecule has 14 rings (SSSR count). The predicted molar refractivity (Wildman–Crippen MR) is 554 cm³/mol. The number of alkyl halides is 15. The third-order valence-corrected chi connectivity index (χ3v) is 24.6. The summed E-state index contributed by atoms with van der Waals surface area (Å²) in [6, 6.07) is 55.2. The first-order chi connectivity index (χ1) is 62.0. The fourth-order valence-corrected chi connectivity index (χ4v) is 15.3. The van der Waals surface area contributed by atoms with Crippen LogP contribution in [0.2, 0.25) is 13.7 Å². The molecule has 138 heavy (non-hydrogen) atoms. The smallest absolute Gasteiger partial charge is 0.461 e. The van der Waals surface area contributed by atoms with Gasteiger partial charge >= 0.3 is 31.1 Å². The molecule has 0 unspecified atom stereocenters. The average molecular weight is 2060 g/mol. The zero-order valence-electron chi connectivity index (χ0n) is 81.1. The summed E-state index contributed by atoms with van der Waals surface area (Å²) in [6.07, 6.45) is -10.7. The molecule has 0 radical (unpaired) electrons. The van der Waals surface area contributed by atoms with Gasteiger partial charge in [-0.2, -0.15) is 62.9 Å². The van der Waals surface area contributed by atoms with Gasteiger partial charge in [-0.3, -0.25) is 9.36 Å². The quantitative estimate of drug-likeness (QED) is 0.107. The molecule has 0 aliphatic heterocycles. The first-order valence-electron chi connectivity index (χ1n) is 44.7. The zero-order valence-corrected chi connectivity index (χ0v) is 85.8. The number of aromatic nitrogens is 5. The normalized spacial score (nSPS) is 12.2. The molecule has 0 N–H and O–H groups in total. The summed E-state index contributed by atoms with van der Waals surface area (Å²) < 4.78 is 200. The molecule has 1 fully saturated rings. The molecule has 0 bridgehead atoms. The van der Waals surface area contributed by atoms with Gasteiger partial charge in [0.15, 0.2) is 5.01 Å². The second-order valence-electron chi connectivity index (χ2n) is 36.4. The average Bonchev–Trinajstić information content (AvgIpc) is 1.11. The molecular weight excluding hydrogens is 1910 g/mol. The lowest BCUT2D eigenvalue weighted by Crippen LogP contribution is -2.17. The van der Waals surface area contributed by atoms with Crippen molar-refractivity contribution in [3.63, 3.8) is 0 Å². The molecule has 0 atom stereocenters. The minimum Gasteiger partial charge on any atom is -0.461 e. The molecule has 0 amide bonds. The Labute approximate surface area is 839 Å². The van der Waals surface area contributed by atoms with Crippen molar-refractivity contribution in [1.82, 2.24) is 24.5 Å². The van der Waals surface area contributed by atoms with E-state index in [0.717, 1.165) is 76.7 Å². The van der Waals surface area contributed by atoms with E-state index in [1.165, 1.54) is 112 Å². The number of hydrogen-bond donors (Lipinski definition) is 0. The fraction of sp³-hybridized carbons (Fsp3) is 0.477. The second kappa shape index (κ2) is 60.0. The highest BCUT2D eigenvalue weighted by molar-refractivity contribution is 7.16. The van der Waals surface area contributed by atoms with Gasteiger partial charge in [-0.05, 0) is 212 Å². The van der Waals surface area contributed by atoms with Gasteiger partial charge in [0.1, 0.15) is 22.9 Å². The number of thiazole rings is 1. The second-order valence-corrected chi connectivity index (χ2v) is 41.2. The fourth-order valence-electron chi connectivity index (χ4n) is 12.2. The van der Waals surface area contributed by atoms with Gasteiger partial charge in [0, 0.05) is 73.2 Å².